The molecule has 0 unspecified atom stereocenters. The summed E-state index contributed by atoms with van der Waals surface area (Å²) in [6.07, 6.45) is 3.06. The summed E-state index contributed by atoms with van der Waals surface area (Å²) in [6.45, 7) is 2.05. The molecule has 9 nitrogen and oxygen atoms in total. The van der Waals surface area contributed by atoms with Crippen molar-refractivity contribution in [1.82, 2.24) is 19.7 Å². The number of benzene rings is 3. The van der Waals surface area contributed by atoms with Gasteiger partial charge in [0, 0.05) is 21.9 Å². The number of hydrogen-bond acceptors (Lipinski definition) is 7. The maximum atomic E-state index is 13.2. The van der Waals surface area contributed by atoms with Crippen LogP contribution in [0.4, 0.5) is 5.69 Å². The summed E-state index contributed by atoms with van der Waals surface area (Å²) in [6, 6.07) is 23.6. The largest absolute Gasteiger partial charge is 1.00 e. The number of nitrogens with zero attached hydrogens (tertiary/aromatic N) is 5. The van der Waals surface area contributed by atoms with Crippen molar-refractivity contribution in [2.75, 3.05) is 7.11 Å². The summed E-state index contributed by atoms with van der Waals surface area (Å²) in [5.41, 5.74) is 3.87. The van der Waals surface area contributed by atoms with E-state index in [1.54, 1.807) is 66.5 Å². The van der Waals surface area contributed by atoms with Gasteiger partial charge in [0.15, 0.2) is 5.16 Å². The summed E-state index contributed by atoms with van der Waals surface area (Å²) in [5, 5.41) is 19.3. The Morgan fingerprint density at radius 2 is 1.89 bits per heavy atom. The molecule has 216 valence electrons. The number of nitrogens with one attached hydrogen (secondary N) is 1. The van der Waals surface area contributed by atoms with Crippen LogP contribution in [0.5, 0.6) is 5.75 Å². The fraction of sp³-hybridized carbons (Fsp3) is 0.156. The molecule has 0 fully saturated rings. The molecular formula is C32H26ClLiN6O3S. The van der Waals surface area contributed by atoms with Crippen LogP contribution in [0.2, 0.25) is 5.02 Å². The molecule has 3 aromatic carbocycles. The first kappa shape index (κ1) is 32.7. The Bertz CT molecular complexity index is 1870. The molecule has 5 aromatic rings. The predicted octanol–water partition coefficient (Wildman–Crippen LogP) is 4.25. The first-order valence-corrected chi connectivity index (χ1v) is 14.8. The number of amides is 1. The van der Waals surface area contributed by atoms with Crippen molar-refractivity contribution in [2.45, 2.75) is 30.7 Å². The maximum absolute atomic E-state index is 13.2. The van der Waals surface area contributed by atoms with Crippen LogP contribution in [0.1, 0.15) is 40.5 Å². The smallest absolute Gasteiger partial charge is 0.623 e. The number of carbonyl (C=O) groups excluding carboxylic acids is 1. The predicted molar refractivity (Wildman–Crippen MR) is 167 cm³/mol. The van der Waals surface area contributed by atoms with Gasteiger partial charge in [-0.2, -0.15) is 10.4 Å². The third kappa shape index (κ3) is 7.44. The van der Waals surface area contributed by atoms with Gasteiger partial charge in [-0.15, -0.1) is 5.69 Å². The molecule has 5 rings (SSSR count). The van der Waals surface area contributed by atoms with Gasteiger partial charge in [-0.3, -0.25) is 4.79 Å². The summed E-state index contributed by atoms with van der Waals surface area (Å²) >= 11 is 7.36. The van der Waals surface area contributed by atoms with Crippen molar-refractivity contribution >= 4 is 35.0 Å². The van der Waals surface area contributed by atoms with Crippen molar-refractivity contribution in [3.05, 3.63) is 122 Å². The minimum absolute atomic E-state index is 0. The molecule has 0 saturated heterocycles. The first-order chi connectivity index (χ1) is 20.9. The van der Waals surface area contributed by atoms with E-state index in [0.29, 0.717) is 50.6 Å². The molecule has 0 aliphatic heterocycles. The maximum Gasteiger partial charge on any atom is 1.00 e. The minimum Gasteiger partial charge on any atom is -0.623 e. The van der Waals surface area contributed by atoms with Crippen LogP contribution in [0.3, 0.4) is 0 Å². The van der Waals surface area contributed by atoms with Gasteiger partial charge in [0.1, 0.15) is 17.4 Å². The summed E-state index contributed by atoms with van der Waals surface area (Å²) in [5.74, 6) is 0.726. The van der Waals surface area contributed by atoms with E-state index in [1.807, 2.05) is 37.3 Å². The standard InChI is InChI=1S/C32H27ClN6O3S.Li/c1-3-5-28-27(18-35-39(28)24-14-10-22(33)11-15-24)31(41)36-23-12-8-20(9-13-23)19-43-32-37-29(26(17-34)30(40)38-32)21-6-4-7-25(16-21)42-2;/h4,6-16,18H,3,5,19H2,1-2H3,(H2,36,37,38,40,41);/q;+1/p-1. The van der Waals surface area contributed by atoms with Crippen molar-refractivity contribution < 1.29 is 28.4 Å². The molecular weight excluding hydrogens is 591 g/mol. The van der Waals surface area contributed by atoms with Gasteiger partial charge in [-0.1, -0.05) is 73.1 Å². The van der Waals surface area contributed by atoms with E-state index in [-0.39, 0.29) is 30.3 Å². The number of hydrogen-bond donors (Lipinski definition) is 1. The summed E-state index contributed by atoms with van der Waals surface area (Å²) in [7, 11) is 1.55. The van der Waals surface area contributed by atoms with E-state index >= 15 is 0 Å². The van der Waals surface area contributed by atoms with Gasteiger partial charge in [0.2, 0.25) is 0 Å². The third-order valence-electron chi connectivity index (χ3n) is 6.55. The Hall–Kier alpha value is -4.25. The van der Waals surface area contributed by atoms with Gasteiger partial charge in [-0.05, 0) is 48.4 Å². The second-order valence-electron chi connectivity index (χ2n) is 9.45. The van der Waals surface area contributed by atoms with E-state index in [9.17, 15) is 14.9 Å². The van der Waals surface area contributed by atoms with Crippen molar-refractivity contribution in [3.8, 4) is 28.8 Å². The van der Waals surface area contributed by atoms with Crippen molar-refractivity contribution in [2.24, 2.45) is 0 Å². The van der Waals surface area contributed by atoms with Crippen LogP contribution in [0, 0.1) is 11.3 Å². The number of aromatic nitrogens is 4. The molecule has 0 atom stereocenters. The number of methoxy groups -OCH3 is 1. The van der Waals surface area contributed by atoms with Gasteiger partial charge in [0.25, 0.3) is 5.56 Å². The molecule has 2 heterocycles. The number of halogens is 1. The third-order valence-corrected chi connectivity index (χ3v) is 7.75. The normalized spacial score (nSPS) is 10.5. The van der Waals surface area contributed by atoms with E-state index in [1.165, 1.54) is 11.8 Å². The number of carbonyl (C=O) groups is 1. The van der Waals surface area contributed by atoms with Gasteiger partial charge < -0.3 is 19.8 Å². The number of ether oxygens (including phenoxy) is 1. The van der Waals surface area contributed by atoms with E-state index in [2.05, 4.69) is 20.4 Å². The molecule has 0 aliphatic rings. The zero-order chi connectivity index (χ0) is 30.3. The second-order valence-corrected chi connectivity index (χ2v) is 10.9. The van der Waals surface area contributed by atoms with Crippen molar-refractivity contribution in [1.29, 1.82) is 5.26 Å². The molecule has 1 amide bonds. The SMILES string of the molecule is CCCc1c(C(=O)[N-]c2ccc(CSc3nc(-c4cccc(OC)c4)c(C#N)c(=O)[nH]3)cc2)cnn1-c1ccc(Cl)cc1.[Li+]. The zero-order valence-corrected chi connectivity index (χ0v) is 25.9. The summed E-state index contributed by atoms with van der Waals surface area (Å²) in [4.78, 5) is 33.0. The number of rotatable bonds is 10. The Morgan fingerprint density at radius 3 is 2.57 bits per heavy atom. The molecule has 0 bridgehead atoms. The molecule has 1 N–H and O–H groups in total. The second kappa shape index (κ2) is 15.0. The van der Waals surface area contributed by atoms with Crippen LogP contribution in [0.15, 0.2) is 88.9 Å². The number of nitriles is 1. The fourth-order valence-electron chi connectivity index (χ4n) is 4.43. The van der Waals surface area contributed by atoms with Gasteiger partial charge in [-0.25, -0.2) is 9.67 Å². The average Bonchev–Trinajstić information content (AvgIpc) is 3.44. The topological polar surface area (TPSA) is 128 Å². The Balaban J connectivity index is 0.00000442. The molecule has 0 saturated carbocycles. The van der Waals surface area contributed by atoms with E-state index in [0.717, 1.165) is 23.4 Å². The average molecular weight is 617 g/mol. The Morgan fingerprint density at radius 1 is 1.14 bits per heavy atom. The van der Waals surface area contributed by atoms with Gasteiger partial charge in [0.05, 0.1) is 36.3 Å². The zero-order valence-electron chi connectivity index (χ0n) is 24.4. The fourth-order valence-corrected chi connectivity index (χ4v) is 5.38. The number of aromatic amines is 1. The van der Waals surface area contributed by atoms with Crippen LogP contribution < -0.4 is 29.2 Å². The monoisotopic (exact) mass is 616 g/mol. The molecule has 0 aliphatic carbocycles. The van der Waals surface area contributed by atoms with E-state index in [4.69, 9.17) is 16.3 Å². The summed E-state index contributed by atoms with van der Waals surface area (Å²) < 4.78 is 7.03. The molecule has 44 heavy (non-hydrogen) atoms. The molecule has 0 radical (unpaired) electrons. The van der Waals surface area contributed by atoms with Crippen molar-refractivity contribution in [3.63, 3.8) is 0 Å². The van der Waals surface area contributed by atoms with E-state index < -0.39 is 5.56 Å². The van der Waals surface area contributed by atoms with Gasteiger partial charge >= 0.3 is 18.9 Å². The molecule has 0 spiro atoms. The van der Waals surface area contributed by atoms with Crippen LogP contribution in [-0.4, -0.2) is 32.8 Å². The quantitative estimate of drug-likeness (QED) is 0.141. The Kier molecular flexibility index (Phi) is 11.1. The molecule has 12 heteroatoms. The van der Waals surface area contributed by atoms with Crippen LogP contribution >= 0.6 is 23.4 Å². The first-order valence-electron chi connectivity index (χ1n) is 13.4. The number of H-pyrrole nitrogens is 1. The van der Waals surface area contributed by atoms with Crippen LogP contribution in [-0.2, 0) is 12.2 Å². The molecule has 2 aromatic heterocycles. The minimum atomic E-state index is -0.507. The Labute approximate surface area is 275 Å². The van der Waals surface area contributed by atoms with Crippen LogP contribution in [0.25, 0.3) is 22.3 Å². The number of thioether (sulfide) groups is 1.